The molecule has 1 aliphatic heterocycles. The zero-order valence-corrected chi connectivity index (χ0v) is 18.7. The number of rotatable bonds is 5. The topological polar surface area (TPSA) is 105 Å². The number of carbonyl (C=O) groups excluding carboxylic acids is 3. The van der Waals surface area contributed by atoms with Crippen molar-refractivity contribution in [3.8, 4) is 10.6 Å². The van der Waals surface area contributed by atoms with Crippen LogP contribution in [0.4, 0.5) is 10.5 Å². The summed E-state index contributed by atoms with van der Waals surface area (Å²) in [6.45, 7) is 3.19. The Morgan fingerprint density at radius 1 is 1.18 bits per heavy atom. The molecule has 0 aliphatic carbocycles. The van der Waals surface area contributed by atoms with E-state index >= 15 is 0 Å². The summed E-state index contributed by atoms with van der Waals surface area (Å²) in [6.07, 6.45) is 1.43. The highest BCUT2D eigenvalue weighted by Gasteiger charge is 2.51. The van der Waals surface area contributed by atoms with Gasteiger partial charge in [-0.25, -0.2) is 9.78 Å². The van der Waals surface area contributed by atoms with Crippen molar-refractivity contribution < 1.29 is 18.8 Å². The summed E-state index contributed by atoms with van der Waals surface area (Å²) >= 11 is 1.61. The van der Waals surface area contributed by atoms with Gasteiger partial charge in [-0.2, -0.15) is 0 Å². The Morgan fingerprint density at radius 3 is 2.70 bits per heavy atom. The van der Waals surface area contributed by atoms with E-state index in [0.29, 0.717) is 11.4 Å². The van der Waals surface area contributed by atoms with Crippen LogP contribution in [0.15, 0.2) is 65.3 Å². The molecular formula is C24H20N4O4S. The van der Waals surface area contributed by atoms with Crippen molar-refractivity contribution in [2.75, 3.05) is 11.9 Å². The van der Waals surface area contributed by atoms with Crippen LogP contribution in [0.25, 0.3) is 20.8 Å². The van der Waals surface area contributed by atoms with Gasteiger partial charge in [0.25, 0.3) is 5.91 Å². The molecule has 166 valence electrons. The molecule has 1 fully saturated rings. The van der Waals surface area contributed by atoms with Crippen molar-refractivity contribution in [1.82, 2.24) is 15.2 Å². The van der Waals surface area contributed by atoms with E-state index in [1.54, 1.807) is 42.5 Å². The van der Waals surface area contributed by atoms with E-state index in [1.165, 1.54) is 11.8 Å². The molecule has 5 rings (SSSR count). The van der Waals surface area contributed by atoms with Gasteiger partial charge in [-0.3, -0.25) is 14.5 Å². The lowest BCUT2D eigenvalue weighted by atomic mass is 9.99. The van der Waals surface area contributed by atoms with E-state index in [0.717, 1.165) is 25.7 Å². The van der Waals surface area contributed by atoms with Gasteiger partial charge in [0.1, 0.15) is 17.3 Å². The number of hydrogen-bond donors (Lipinski definition) is 2. The number of benzene rings is 2. The van der Waals surface area contributed by atoms with E-state index < -0.39 is 29.9 Å². The van der Waals surface area contributed by atoms with E-state index in [1.807, 2.05) is 31.2 Å². The monoisotopic (exact) mass is 460 g/mol. The molecule has 0 spiro atoms. The minimum atomic E-state index is -1.34. The van der Waals surface area contributed by atoms with Crippen molar-refractivity contribution in [3.05, 3.63) is 72.2 Å². The Kier molecular flexibility index (Phi) is 4.98. The highest BCUT2D eigenvalue weighted by molar-refractivity contribution is 7.21. The lowest BCUT2D eigenvalue weighted by Gasteiger charge is -2.18. The van der Waals surface area contributed by atoms with Crippen LogP contribution in [0.1, 0.15) is 18.2 Å². The summed E-state index contributed by atoms with van der Waals surface area (Å²) in [7, 11) is 0. The number of fused-ring (bicyclic) bond motifs is 1. The zero-order chi connectivity index (χ0) is 23.2. The van der Waals surface area contributed by atoms with Crippen LogP contribution in [-0.2, 0) is 15.1 Å². The number of hydrogen-bond acceptors (Lipinski definition) is 6. The molecule has 2 aromatic carbocycles. The highest BCUT2D eigenvalue weighted by Crippen LogP contribution is 2.32. The van der Waals surface area contributed by atoms with E-state index in [2.05, 4.69) is 21.7 Å². The van der Waals surface area contributed by atoms with Crippen LogP contribution >= 0.6 is 11.3 Å². The molecule has 4 amide bonds. The fourth-order valence-corrected chi connectivity index (χ4v) is 4.84. The molecule has 1 aliphatic rings. The zero-order valence-electron chi connectivity index (χ0n) is 17.9. The molecule has 33 heavy (non-hydrogen) atoms. The smallest absolute Gasteiger partial charge is 0.325 e. The standard InChI is InChI=1S/C24H20N4O4S/c1-14-5-10-17-18(12-14)33-21(26-17)15-6-8-16(9-7-15)25-20(29)13-28-22(30)24(2,27-23(28)31)19-4-3-11-32-19/h3-12H,13H2,1-2H3,(H,25,29)(H,27,31). The van der Waals surface area contributed by atoms with Gasteiger partial charge in [0.2, 0.25) is 5.91 Å². The van der Waals surface area contributed by atoms with E-state index in [4.69, 9.17) is 4.42 Å². The fraction of sp³-hybridized carbons (Fsp3) is 0.167. The Balaban J connectivity index is 1.26. The molecule has 2 aromatic heterocycles. The van der Waals surface area contributed by atoms with Crippen molar-refractivity contribution in [1.29, 1.82) is 0 Å². The maximum absolute atomic E-state index is 12.8. The Labute approximate surface area is 193 Å². The van der Waals surface area contributed by atoms with Crippen molar-refractivity contribution >= 4 is 45.1 Å². The number of aromatic nitrogens is 1. The van der Waals surface area contributed by atoms with Crippen LogP contribution in [0.5, 0.6) is 0 Å². The first-order chi connectivity index (χ1) is 15.8. The number of aryl methyl sites for hydroxylation is 1. The van der Waals surface area contributed by atoms with Gasteiger partial charge < -0.3 is 15.1 Å². The molecule has 9 heteroatoms. The predicted octanol–water partition coefficient (Wildman–Crippen LogP) is 4.27. The number of furan rings is 1. The van der Waals surface area contributed by atoms with Crippen molar-refractivity contribution in [2.45, 2.75) is 19.4 Å². The maximum atomic E-state index is 12.8. The van der Waals surface area contributed by atoms with Gasteiger partial charge in [0.15, 0.2) is 5.54 Å². The van der Waals surface area contributed by atoms with Gasteiger partial charge in [0.05, 0.1) is 16.5 Å². The summed E-state index contributed by atoms with van der Waals surface area (Å²) in [6, 6.07) is 16.0. The van der Waals surface area contributed by atoms with Gasteiger partial charge in [-0.15, -0.1) is 11.3 Å². The lowest BCUT2D eigenvalue weighted by molar-refractivity contribution is -0.134. The lowest BCUT2D eigenvalue weighted by Crippen LogP contribution is -2.41. The van der Waals surface area contributed by atoms with Crippen molar-refractivity contribution in [2.24, 2.45) is 0 Å². The highest BCUT2D eigenvalue weighted by atomic mass is 32.1. The summed E-state index contributed by atoms with van der Waals surface area (Å²) in [5, 5.41) is 6.22. The van der Waals surface area contributed by atoms with E-state index in [-0.39, 0.29) is 0 Å². The van der Waals surface area contributed by atoms with E-state index in [9.17, 15) is 14.4 Å². The number of imide groups is 1. The first kappa shape index (κ1) is 20.9. The quantitative estimate of drug-likeness (QED) is 0.433. The molecule has 3 heterocycles. The summed E-state index contributed by atoms with van der Waals surface area (Å²) < 4.78 is 6.42. The van der Waals surface area contributed by atoms with Crippen LogP contribution in [0.2, 0.25) is 0 Å². The molecule has 1 saturated heterocycles. The average Bonchev–Trinajstić information content (AvgIpc) is 3.51. The number of thiazole rings is 1. The minimum absolute atomic E-state index is 0.310. The molecule has 1 unspecified atom stereocenters. The van der Waals surface area contributed by atoms with Crippen LogP contribution < -0.4 is 10.6 Å². The Hall–Kier alpha value is -3.98. The van der Waals surface area contributed by atoms with Gasteiger partial charge in [-0.05, 0) is 67.9 Å². The molecule has 0 radical (unpaired) electrons. The van der Waals surface area contributed by atoms with Crippen LogP contribution in [0.3, 0.4) is 0 Å². The molecular weight excluding hydrogens is 440 g/mol. The van der Waals surface area contributed by atoms with Crippen LogP contribution in [0, 0.1) is 6.92 Å². The molecule has 0 bridgehead atoms. The molecule has 1 atom stereocenters. The largest absolute Gasteiger partial charge is 0.466 e. The fourth-order valence-electron chi connectivity index (χ4n) is 3.77. The number of nitrogens with zero attached hydrogens (tertiary/aromatic N) is 2. The first-order valence-corrected chi connectivity index (χ1v) is 11.1. The van der Waals surface area contributed by atoms with Gasteiger partial charge in [0, 0.05) is 11.3 Å². The number of anilines is 1. The molecule has 4 aromatic rings. The minimum Gasteiger partial charge on any atom is -0.466 e. The second-order valence-electron chi connectivity index (χ2n) is 8.04. The molecule has 8 nitrogen and oxygen atoms in total. The molecule has 2 N–H and O–H groups in total. The summed E-state index contributed by atoms with van der Waals surface area (Å²) in [4.78, 5) is 43.3. The second kappa shape index (κ2) is 7.86. The van der Waals surface area contributed by atoms with Crippen LogP contribution in [-0.4, -0.2) is 34.3 Å². The third-order valence-electron chi connectivity index (χ3n) is 5.55. The normalized spacial score (nSPS) is 18.1. The third-order valence-corrected chi connectivity index (χ3v) is 6.62. The van der Waals surface area contributed by atoms with Gasteiger partial charge >= 0.3 is 6.03 Å². The van der Waals surface area contributed by atoms with Crippen molar-refractivity contribution in [3.63, 3.8) is 0 Å². The third kappa shape index (κ3) is 3.76. The van der Waals surface area contributed by atoms with Gasteiger partial charge in [-0.1, -0.05) is 6.07 Å². The number of urea groups is 1. The second-order valence-corrected chi connectivity index (χ2v) is 9.07. The Bertz CT molecular complexity index is 1380. The number of nitrogens with one attached hydrogen (secondary N) is 2. The summed E-state index contributed by atoms with van der Waals surface area (Å²) in [5.41, 5.74) is 2.30. The maximum Gasteiger partial charge on any atom is 0.325 e. The summed E-state index contributed by atoms with van der Waals surface area (Å²) in [5.74, 6) is -0.714. The first-order valence-electron chi connectivity index (χ1n) is 10.3. The SMILES string of the molecule is Cc1ccc2nc(-c3ccc(NC(=O)CN4C(=O)NC(C)(c5ccco5)C4=O)cc3)sc2c1. The molecule has 0 saturated carbocycles. The average molecular weight is 461 g/mol. The number of amides is 4. The predicted molar refractivity (Wildman–Crippen MR) is 125 cm³/mol. The number of carbonyl (C=O) groups is 3. The Morgan fingerprint density at radius 2 is 1.97 bits per heavy atom.